The van der Waals surface area contributed by atoms with Gasteiger partial charge in [0.2, 0.25) is 0 Å². The van der Waals surface area contributed by atoms with Crippen molar-refractivity contribution in [2.45, 2.75) is 6.36 Å². The van der Waals surface area contributed by atoms with Gasteiger partial charge in [0, 0.05) is 11.8 Å². The summed E-state index contributed by atoms with van der Waals surface area (Å²) in [4.78, 5) is 15.7. The fourth-order valence-corrected chi connectivity index (χ4v) is 1.52. The Kier molecular flexibility index (Phi) is 3.97. The van der Waals surface area contributed by atoms with Crippen LogP contribution in [-0.2, 0) is 0 Å². The molecule has 0 fully saturated rings. The van der Waals surface area contributed by atoms with Gasteiger partial charge in [-0.15, -0.1) is 13.2 Å². The van der Waals surface area contributed by atoms with E-state index in [1.807, 2.05) is 0 Å². The fraction of sp³-hybridized carbons (Fsp3) is 0.0769. The average Bonchev–Trinajstić information content (AvgIpc) is 2.40. The molecule has 2 aromatic rings. The predicted molar refractivity (Wildman–Crippen MR) is 69.7 cm³/mol. The molecule has 8 heteroatoms. The molecule has 1 aromatic carbocycles. The summed E-state index contributed by atoms with van der Waals surface area (Å²) < 4.78 is 39.7. The second-order valence-corrected chi connectivity index (χ2v) is 3.99. The van der Waals surface area contributed by atoms with Crippen LogP contribution >= 0.6 is 0 Å². The van der Waals surface area contributed by atoms with Crippen molar-refractivity contribution >= 4 is 17.3 Å². The van der Waals surface area contributed by atoms with Gasteiger partial charge in [-0.05, 0) is 30.3 Å². The molecule has 0 saturated carbocycles. The molecule has 1 amide bonds. The number of pyridine rings is 1. The summed E-state index contributed by atoms with van der Waals surface area (Å²) in [6, 6.07) is 6.05. The minimum absolute atomic E-state index is 0.167. The number of nitrogens with one attached hydrogen (secondary N) is 1. The molecule has 0 saturated heterocycles. The molecule has 3 N–H and O–H groups in total. The van der Waals surface area contributed by atoms with Crippen molar-refractivity contribution in [1.29, 1.82) is 0 Å². The molecular weight excluding hydrogens is 287 g/mol. The lowest BCUT2D eigenvalue weighted by atomic mass is 10.2. The van der Waals surface area contributed by atoms with Crippen molar-refractivity contribution < 1.29 is 22.7 Å². The second kappa shape index (κ2) is 5.70. The number of aromatic nitrogens is 1. The molecule has 21 heavy (non-hydrogen) atoms. The van der Waals surface area contributed by atoms with E-state index in [4.69, 9.17) is 5.73 Å². The van der Waals surface area contributed by atoms with Crippen molar-refractivity contribution in [3.63, 3.8) is 0 Å². The van der Waals surface area contributed by atoms with Gasteiger partial charge in [-0.2, -0.15) is 0 Å². The van der Waals surface area contributed by atoms with Crippen LogP contribution in [0, 0.1) is 0 Å². The summed E-state index contributed by atoms with van der Waals surface area (Å²) in [5, 5.41) is 2.53. The maximum atomic E-state index is 12.0. The average molecular weight is 297 g/mol. The Morgan fingerprint density at radius 2 is 1.86 bits per heavy atom. The number of nitrogens with two attached hydrogens (primary N) is 1. The highest BCUT2D eigenvalue weighted by Gasteiger charge is 2.31. The lowest BCUT2D eigenvalue weighted by molar-refractivity contribution is -0.274. The number of rotatable bonds is 3. The summed E-state index contributed by atoms with van der Waals surface area (Å²) in [6.07, 6.45) is -1.95. The largest absolute Gasteiger partial charge is 0.573 e. The smallest absolute Gasteiger partial charge is 0.406 e. The minimum Gasteiger partial charge on any atom is -0.406 e. The molecule has 0 spiro atoms. The van der Waals surface area contributed by atoms with Crippen molar-refractivity contribution in [3.05, 3.63) is 48.3 Å². The topological polar surface area (TPSA) is 77.2 Å². The molecule has 1 aromatic heterocycles. The van der Waals surface area contributed by atoms with Crippen LogP contribution in [0.5, 0.6) is 5.75 Å². The van der Waals surface area contributed by atoms with Crippen LogP contribution in [0.4, 0.5) is 24.5 Å². The zero-order valence-corrected chi connectivity index (χ0v) is 10.5. The minimum atomic E-state index is -4.77. The Balaban J connectivity index is 2.08. The van der Waals surface area contributed by atoms with Gasteiger partial charge in [-0.1, -0.05) is 0 Å². The number of carbonyl (C=O) groups is 1. The number of nitrogen functional groups attached to an aromatic ring is 1. The maximum Gasteiger partial charge on any atom is 0.573 e. The number of benzene rings is 1. The Morgan fingerprint density at radius 3 is 2.43 bits per heavy atom. The highest BCUT2D eigenvalue weighted by molar-refractivity contribution is 6.05. The van der Waals surface area contributed by atoms with Gasteiger partial charge in [0.1, 0.15) is 5.75 Å². The summed E-state index contributed by atoms with van der Waals surface area (Å²) in [5.41, 5.74) is 6.43. The third-order valence-corrected chi connectivity index (χ3v) is 2.45. The highest BCUT2D eigenvalue weighted by atomic mass is 19.4. The SMILES string of the molecule is Nc1cnccc1NC(=O)c1ccc(OC(F)(F)F)cc1. The van der Waals surface area contributed by atoms with Gasteiger partial charge in [-0.3, -0.25) is 9.78 Å². The van der Waals surface area contributed by atoms with Gasteiger partial charge >= 0.3 is 6.36 Å². The molecule has 0 atom stereocenters. The third kappa shape index (κ3) is 4.10. The molecule has 110 valence electrons. The van der Waals surface area contributed by atoms with E-state index in [0.29, 0.717) is 5.69 Å². The van der Waals surface area contributed by atoms with E-state index in [0.717, 1.165) is 12.1 Å². The standard InChI is InChI=1S/C13H10F3N3O2/c14-13(15,16)21-9-3-1-8(2-4-9)12(20)19-11-5-6-18-7-10(11)17/h1-7H,17H2,(H,18,19,20). The Morgan fingerprint density at radius 1 is 1.19 bits per heavy atom. The number of hydrogen-bond donors (Lipinski definition) is 2. The number of amides is 1. The Bertz CT molecular complexity index is 642. The van der Waals surface area contributed by atoms with Crippen LogP contribution in [0.2, 0.25) is 0 Å². The van der Waals surface area contributed by atoms with Crippen LogP contribution in [0.1, 0.15) is 10.4 Å². The molecule has 0 aliphatic rings. The number of halogens is 3. The quantitative estimate of drug-likeness (QED) is 0.913. The number of nitrogens with zero attached hydrogens (tertiary/aromatic N) is 1. The predicted octanol–water partition coefficient (Wildman–Crippen LogP) is 2.81. The van der Waals surface area contributed by atoms with E-state index in [-0.39, 0.29) is 11.3 Å². The number of anilines is 2. The van der Waals surface area contributed by atoms with Crippen molar-refractivity contribution in [1.82, 2.24) is 4.98 Å². The molecule has 1 heterocycles. The maximum absolute atomic E-state index is 12.0. The van der Waals surface area contributed by atoms with Crippen LogP contribution in [-0.4, -0.2) is 17.3 Å². The lowest BCUT2D eigenvalue weighted by Crippen LogP contribution is -2.17. The fourth-order valence-electron chi connectivity index (χ4n) is 1.52. The first kappa shape index (κ1) is 14.6. The molecule has 0 aliphatic heterocycles. The molecule has 5 nitrogen and oxygen atoms in total. The molecule has 0 bridgehead atoms. The summed E-state index contributed by atoms with van der Waals surface area (Å²) in [7, 11) is 0. The first-order valence-electron chi connectivity index (χ1n) is 5.72. The third-order valence-electron chi connectivity index (χ3n) is 2.45. The zero-order valence-electron chi connectivity index (χ0n) is 10.5. The number of carbonyl (C=O) groups excluding carboxylic acids is 1. The van der Waals surface area contributed by atoms with E-state index < -0.39 is 18.0 Å². The van der Waals surface area contributed by atoms with Gasteiger partial charge < -0.3 is 15.8 Å². The van der Waals surface area contributed by atoms with E-state index in [2.05, 4.69) is 15.0 Å². The Labute approximate surface area is 117 Å². The highest BCUT2D eigenvalue weighted by Crippen LogP contribution is 2.23. The van der Waals surface area contributed by atoms with Gasteiger partial charge in [0.15, 0.2) is 0 Å². The first-order chi connectivity index (χ1) is 9.85. The monoisotopic (exact) mass is 297 g/mol. The first-order valence-corrected chi connectivity index (χ1v) is 5.72. The Hall–Kier alpha value is -2.77. The zero-order chi connectivity index (χ0) is 15.5. The number of hydrogen-bond acceptors (Lipinski definition) is 4. The van der Waals surface area contributed by atoms with Crippen molar-refractivity contribution in [2.75, 3.05) is 11.1 Å². The number of ether oxygens (including phenoxy) is 1. The second-order valence-electron chi connectivity index (χ2n) is 3.99. The molecular formula is C13H10F3N3O2. The van der Waals surface area contributed by atoms with Gasteiger partial charge in [0.05, 0.1) is 17.6 Å². The molecule has 0 unspecified atom stereocenters. The van der Waals surface area contributed by atoms with Crippen LogP contribution < -0.4 is 15.8 Å². The summed E-state index contributed by atoms with van der Waals surface area (Å²) >= 11 is 0. The van der Waals surface area contributed by atoms with E-state index in [1.165, 1.54) is 30.6 Å². The van der Waals surface area contributed by atoms with Gasteiger partial charge in [0.25, 0.3) is 5.91 Å². The van der Waals surface area contributed by atoms with Crippen LogP contribution in [0.3, 0.4) is 0 Å². The van der Waals surface area contributed by atoms with Crippen molar-refractivity contribution in [2.24, 2.45) is 0 Å². The summed E-state index contributed by atoms with van der Waals surface area (Å²) in [5.74, 6) is -0.908. The van der Waals surface area contributed by atoms with E-state index in [1.54, 1.807) is 0 Å². The summed E-state index contributed by atoms with van der Waals surface area (Å²) in [6.45, 7) is 0. The number of alkyl halides is 3. The molecule has 2 rings (SSSR count). The molecule has 0 aliphatic carbocycles. The normalized spacial score (nSPS) is 11.0. The van der Waals surface area contributed by atoms with Gasteiger partial charge in [-0.25, -0.2) is 0 Å². The van der Waals surface area contributed by atoms with E-state index >= 15 is 0 Å². The molecule has 0 radical (unpaired) electrons. The lowest BCUT2D eigenvalue weighted by Gasteiger charge is -2.10. The van der Waals surface area contributed by atoms with Crippen LogP contribution in [0.15, 0.2) is 42.7 Å². The van der Waals surface area contributed by atoms with E-state index in [9.17, 15) is 18.0 Å². The van der Waals surface area contributed by atoms with Crippen LogP contribution in [0.25, 0.3) is 0 Å². The van der Waals surface area contributed by atoms with Crippen molar-refractivity contribution in [3.8, 4) is 5.75 Å².